The van der Waals surface area contributed by atoms with Crippen LogP contribution in [0.4, 0.5) is 0 Å². The van der Waals surface area contributed by atoms with Crippen LogP contribution in [0.5, 0.6) is 0 Å². The standard InChI is InChI=1S/C17H23N/c1-17(2,3)12-15(18)11-14-9-6-8-13-7-4-5-10-16(13)14/h4-10,15H,11-12,18H2,1-3H3. The number of hydrogen-bond donors (Lipinski definition) is 1. The van der Waals surface area contributed by atoms with Crippen molar-refractivity contribution in [2.24, 2.45) is 11.1 Å². The minimum atomic E-state index is 0.232. The van der Waals surface area contributed by atoms with E-state index in [2.05, 4.69) is 63.2 Å². The van der Waals surface area contributed by atoms with E-state index >= 15 is 0 Å². The molecule has 2 aromatic rings. The maximum absolute atomic E-state index is 6.28. The monoisotopic (exact) mass is 241 g/mol. The SMILES string of the molecule is CC(C)(C)CC(N)Cc1cccc2ccccc12. The van der Waals surface area contributed by atoms with Gasteiger partial charge in [-0.1, -0.05) is 63.2 Å². The molecule has 1 unspecified atom stereocenters. The second kappa shape index (κ2) is 5.11. The summed E-state index contributed by atoms with van der Waals surface area (Å²) in [5.41, 5.74) is 7.94. The van der Waals surface area contributed by atoms with E-state index in [9.17, 15) is 0 Å². The second-order valence-corrected chi connectivity index (χ2v) is 6.37. The summed E-state index contributed by atoms with van der Waals surface area (Å²) in [5.74, 6) is 0. The van der Waals surface area contributed by atoms with Crippen LogP contribution in [0.25, 0.3) is 10.8 Å². The number of rotatable bonds is 3. The minimum Gasteiger partial charge on any atom is -0.327 e. The first-order chi connectivity index (χ1) is 8.46. The fourth-order valence-electron chi connectivity index (χ4n) is 2.61. The maximum Gasteiger partial charge on any atom is 0.00845 e. The normalized spacial score (nSPS) is 13.8. The van der Waals surface area contributed by atoms with Crippen LogP contribution < -0.4 is 5.73 Å². The largest absolute Gasteiger partial charge is 0.327 e. The molecular weight excluding hydrogens is 218 g/mol. The van der Waals surface area contributed by atoms with Gasteiger partial charge in [0.2, 0.25) is 0 Å². The van der Waals surface area contributed by atoms with E-state index in [1.807, 2.05) is 0 Å². The summed E-state index contributed by atoms with van der Waals surface area (Å²) in [7, 11) is 0. The molecule has 0 amide bonds. The summed E-state index contributed by atoms with van der Waals surface area (Å²) < 4.78 is 0. The van der Waals surface area contributed by atoms with Gasteiger partial charge in [0, 0.05) is 6.04 Å². The van der Waals surface area contributed by atoms with Gasteiger partial charge in [0.1, 0.15) is 0 Å². The molecule has 0 saturated carbocycles. The Morgan fingerprint density at radius 1 is 1.00 bits per heavy atom. The van der Waals surface area contributed by atoms with Gasteiger partial charge in [0.05, 0.1) is 0 Å². The predicted octanol–water partition coefficient (Wildman–Crippen LogP) is 4.15. The third kappa shape index (κ3) is 3.33. The number of fused-ring (bicyclic) bond motifs is 1. The van der Waals surface area contributed by atoms with Crippen LogP contribution in [0.15, 0.2) is 42.5 Å². The highest BCUT2D eigenvalue weighted by Crippen LogP contribution is 2.24. The van der Waals surface area contributed by atoms with E-state index < -0.39 is 0 Å². The predicted molar refractivity (Wildman–Crippen MR) is 79.7 cm³/mol. The van der Waals surface area contributed by atoms with E-state index in [1.54, 1.807) is 0 Å². The fourth-order valence-corrected chi connectivity index (χ4v) is 2.61. The van der Waals surface area contributed by atoms with Crippen LogP contribution in [-0.2, 0) is 6.42 Å². The molecule has 2 rings (SSSR count). The van der Waals surface area contributed by atoms with E-state index in [-0.39, 0.29) is 6.04 Å². The third-order valence-corrected chi connectivity index (χ3v) is 3.24. The van der Waals surface area contributed by atoms with Gasteiger partial charge in [-0.25, -0.2) is 0 Å². The van der Waals surface area contributed by atoms with Crippen molar-refractivity contribution in [2.45, 2.75) is 39.7 Å². The second-order valence-electron chi connectivity index (χ2n) is 6.37. The first-order valence-corrected chi connectivity index (χ1v) is 6.68. The van der Waals surface area contributed by atoms with Crippen LogP contribution in [0.3, 0.4) is 0 Å². The molecule has 1 heteroatoms. The van der Waals surface area contributed by atoms with Gasteiger partial charge in [-0.15, -0.1) is 0 Å². The molecule has 0 aliphatic carbocycles. The molecule has 18 heavy (non-hydrogen) atoms. The Labute approximate surface area is 110 Å². The summed E-state index contributed by atoms with van der Waals surface area (Å²) in [6.07, 6.45) is 2.01. The molecule has 1 atom stereocenters. The molecule has 0 fully saturated rings. The zero-order chi connectivity index (χ0) is 13.2. The first kappa shape index (κ1) is 13.1. The Morgan fingerprint density at radius 2 is 1.67 bits per heavy atom. The molecule has 0 bridgehead atoms. The van der Waals surface area contributed by atoms with E-state index in [0.29, 0.717) is 5.41 Å². The Bertz CT molecular complexity index is 517. The topological polar surface area (TPSA) is 26.0 Å². The Balaban J connectivity index is 2.21. The van der Waals surface area contributed by atoms with Gasteiger partial charge < -0.3 is 5.73 Å². The Hall–Kier alpha value is -1.34. The highest BCUT2D eigenvalue weighted by Gasteiger charge is 2.16. The molecule has 0 aromatic heterocycles. The average molecular weight is 241 g/mol. The van der Waals surface area contributed by atoms with Crippen LogP contribution in [0, 0.1) is 5.41 Å². The Kier molecular flexibility index (Phi) is 3.72. The van der Waals surface area contributed by atoms with Crippen LogP contribution >= 0.6 is 0 Å². The molecule has 0 aliphatic rings. The van der Waals surface area contributed by atoms with Crippen LogP contribution in [-0.4, -0.2) is 6.04 Å². The molecule has 0 aliphatic heterocycles. The highest BCUT2D eigenvalue weighted by atomic mass is 14.6. The van der Waals surface area contributed by atoms with Crippen LogP contribution in [0.2, 0.25) is 0 Å². The lowest BCUT2D eigenvalue weighted by atomic mass is 9.85. The Morgan fingerprint density at radius 3 is 2.39 bits per heavy atom. The van der Waals surface area contributed by atoms with E-state index in [4.69, 9.17) is 5.73 Å². The first-order valence-electron chi connectivity index (χ1n) is 6.68. The molecular formula is C17H23N. The van der Waals surface area contributed by atoms with E-state index in [1.165, 1.54) is 16.3 Å². The van der Waals surface area contributed by atoms with Crippen molar-refractivity contribution < 1.29 is 0 Å². The molecule has 1 nitrogen and oxygen atoms in total. The van der Waals surface area contributed by atoms with Crippen molar-refractivity contribution in [3.05, 3.63) is 48.0 Å². The van der Waals surface area contributed by atoms with Gasteiger partial charge in [-0.3, -0.25) is 0 Å². The lowest BCUT2D eigenvalue weighted by Crippen LogP contribution is -2.28. The summed E-state index contributed by atoms with van der Waals surface area (Å²) in [4.78, 5) is 0. The highest BCUT2D eigenvalue weighted by molar-refractivity contribution is 5.85. The fraction of sp³-hybridized carbons (Fsp3) is 0.412. The van der Waals surface area contributed by atoms with Crippen molar-refractivity contribution >= 4 is 10.8 Å². The van der Waals surface area contributed by atoms with Crippen molar-refractivity contribution in [3.63, 3.8) is 0 Å². The molecule has 0 spiro atoms. The number of hydrogen-bond acceptors (Lipinski definition) is 1. The van der Waals surface area contributed by atoms with E-state index in [0.717, 1.165) is 12.8 Å². The van der Waals surface area contributed by atoms with Crippen molar-refractivity contribution in [1.29, 1.82) is 0 Å². The number of nitrogens with two attached hydrogens (primary N) is 1. The lowest BCUT2D eigenvalue weighted by molar-refractivity contribution is 0.338. The maximum atomic E-state index is 6.28. The van der Waals surface area contributed by atoms with Gasteiger partial charge in [-0.2, -0.15) is 0 Å². The molecule has 2 N–H and O–H groups in total. The quantitative estimate of drug-likeness (QED) is 0.858. The lowest BCUT2D eigenvalue weighted by Gasteiger charge is -2.23. The molecule has 96 valence electrons. The van der Waals surface area contributed by atoms with Crippen LogP contribution in [0.1, 0.15) is 32.8 Å². The minimum absolute atomic E-state index is 0.232. The average Bonchev–Trinajstić information content (AvgIpc) is 2.27. The summed E-state index contributed by atoms with van der Waals surface area (Å²) in [6, 6.07) is 15.3. The number of benzene rings is 2. The third-order valence-electron chi connectivity index (χ3n) is 3.24. The van der Waals surface area contributed by atoms with Gasteiger partial charge in [-0.05, 0) is 34.6 Å². The zero-order valence-electron chi connectivity index (χ0n) is 11.6. The zero-order valence-corrected chi connectivity index (χ0v) is 11.6. The van der Waals surface area contributed by atoms with Gasteiger partial charge in [0.15, 0.2) is 0 Å². The molecule has 0 radical (unpaired) electrons. The van der Waals surface area contributed by atoms with Gasteiger partial charge >= 0.3 is 0 Å². The van der Waals surface area contributed by atoms with Crippen molar-refractivity contribution in [3.8, 4) is 0 Å². The summed E-state index contributed by atoms with van der Waals surface area (Å²) in [5, 5.41) is 2.64. The summed E-state index contributed by atoms with van der Waals surface area (Å²) in [6.45, 7) is 6.74. The summed E-state index contributed by atoms with van der Waals surface area (Å²) >= 11 is 0. The van der Waals surface area contributed by atoms with Crippen molar-refractivity contribution in [1.82, 2.24) is 0 Å². The van der Waals surface area contributed by atoms with Gasteiger partial charge in [0.25, 0.3) is 0 Å². The molecule has 0 heterocycles. The smallest absolute Gasteiger partial charge is 0.00845 e. The molecule has 0 saturated heterocycles. The van der Waals surface area contributed by atoms with Crippen molar-refractivity contribution in [2.75, 3.05) is 0 Å². The molecule has 2 aromatic carbocycles.